The van der Waals surface area contributed by atoms with Gasteiger partial charge in [-0.05, 0) is 49.2 Å². The van der Waals surface area contributed by atoms with Gasteiger partial charge in [0.05, 0.1) is 16.9 Å². The molecular formula is C22H25F2N3O. The fourth-order valence-corrected chi connectivity index (χ4v) is 3.29. The zero-order valence-corrected chi connectivity index (χ0v) is 16.2. The Balaban J connectivity index is 1.78. The predicted octanol–water partition coefficient (Wildman–Crippen LogP) is 5.39. The summed E-state index contributed by atoms with van der Waals surface area (Å²) in [5.74, 6) is -1.03. The number of rotatable bonds is 8. The van der Waals surface area contributed by atoms with E-state index < -0.39 is 5.82 Å². The van der Waals surface area contributed by atoms with Gasteiger partial charge in [0.2, 0.25) is 0 Å². The standard InChI is InChI=1S/C22H25F2N3O/c1-3-5-11-27(10-4-2)21-9-7-16(13-19(21)24)25-14-18-17-8-6-15(23)12-20(17)26-22(18)28/h6-9,12-14,25H,3-5,10-11H2,1-2H3,(H,26,28)/b18-14+. The number of hydrogen-bond donors (Lipinski definition) is 2. The largest absolute Gasteiger partial charge is 0.369 e. The number of nitrogens with one attached hydrogen (secondary N) is 2. The first-order valence-electron chi connectivity index (χ1n) is 9.66. The van der Waals surface area contributed by atoms with Gasteiger partial charge in [-0.3, -0.25) is 4.79 Å². The first-order valence-corrected chi connectivity index (χ1v) is 9.66. The molecule has 2 aromatic rings. The van der Waals surface area contributed by atoms with Gasteiger partial charge in [-0.1, -0.05) is 20.3 Å². The third-order valence-electron chi connectivity index (χ3n) is 4.71. The predicted molar refractivity (Wildman–Crippen MR) is 110 cm³/mol. The molecule has 0 radical (unpaired) electrons. The summed E-state index contributed by atoms with van der Waals surface area (Å²) in [5.41, 5.74) is 2.57. The van der Waals surface area contributed by atoms with Gasteiger partial charge in [0.25, 0.3) is 5.91 Å². The summed E-state index contributed by atoms with van der Waals surface area (Å²) in [6, 6.07) is 9.12. The van der Waals surface area contributed by atoms with Crippen molar-refractivity contribution in [3.63, 3.8) is 0 Å². The van der Waals surface area contributed by atoms with E-state index in [1.54, 1.807) is 18.2 Å². The van der Waals surface area contributed by atoms with Gasteiger partial charge in [0.15, 0.2) is 0 Å². The minimum atomic E-state index is -0.411. The Morgan fingerprint density at radius 1 is 1.07 bits per heavy atom. The highest BCUT2D eigenvalue weighted by atomic mass is 19.1. The molecule has 1 aliphatic rings. The number of anilines is 3. The van der Waals surface area contributed by atoms with Crippen LogP contribution in [0.15, 0.2) is 42.6 Å². The third kappa shape index (κ3) is 4.32. The molecule has 0 aliphatic carbocycles. The highest BCUT2D eigenvalue weighted by Crippen LogP contribution is 2.32. The van der Waals surface area contributed by atoms with Crippen LogP contribution in [0.2, 0.25) is 0 Å². The van der Waals surface area contributed by atoms with E-state index in [0.29, 0.717) is 28.2 Å². The minimum Gasteiger partial charge on any atom is -0.369 e. The Morgan fingerprint density at radius 3 is 2.61 bits per heavy atom. The van der Waals surface area contributed by atoms with E-state index in [0.717, 1.165) is 32.4 Å². The summed E-state index contributed by atoms with van der Waals surface area (Å²) >= 11 is 0. The lowest BCUT2D eigenvalue weighted by Crippen LogP contribution is -2.26. The molecule has 148 valence electrons. The van der Waals surface area contributed by atoms with Crippen molar-refractivity contribution in [2.45, 2.75) is 33.1 Å². The van der Waals surface area contributed by atoms with E-state index in [1.165, 1.54) is 24.4 Å². The van der Waals surface area contributed by atoms with E-state index in [4.69, 9.17) is 0 Å². The fraction of sp³-hybridized carbons (Fsp3) is 0.318. The van der Waals surface area contributed by atoms with Gasteiger partial charge in [-0.15, -0.1) is 0 Å². The maximum atomic E-state index is 14.7. The Morgan fingerprint density at radius 2 is 1.89 bits per heavy atom. The summed E-state index contributed by atoms with van der Waals surface area (Å²) in [4.78, 5) is 14.2. The zero-order valence-electron chi connectivity index (χ0n) is 16.2. The molecule has 0 aromatic heterocycles. The highest BCUT2D eigenvalue weighted by Gasteiger charge is 2.24. The maximum absolute atomic E-state index is 14.7. The Bertz CT molecular complexity index is 895. The summed E-state index contributed by atoms with van der Waals surface area (Å²) in [6.07, 6.45) is 4.54. The van der Waals surface area contributed by atoms with Crippen molar-refractivity contribution in [1.29, 1.82) is 0 Å². The normalized spacial score (nSPS) is 14.1. The molecule has 0 saturated heterocycles. The van der Waals surface area contributed by atoms with Crippen LogP contribution in [-0.4, -0.2) is 19.0 Å². The van der Waals surface area contributed by atoms with Crippen molar-refractivity contribution in [3.05, 3.63) is 59.8 Å². The Hall–Kier alpha value is -2.89. The molecule has 1 amide bonds. The molecule has 1 aliphatic heterocycles. The van der Waals surface area contributed by atoms with Crippen molar-refractivity contribution in [3.8, 4) is 0 Å². The van der Waals surface area contributed by atoms with Crippen molar-refractivity contribution in [2.75, 3.05) is 28.6 Å². The monoisotopic (exact) mass is 385 g/mol. The molecular weight excluding hydrogens is 360 g/mol. The number of carbonyl (C=O) groups excluding carboxylic acids is 1. The Labute approximate surface area is 164 Å². The van der Waals surface area contributed by atoms with Crippen molar-refractivity contribution < 1.29 is 13.6 Å². The van der Waals surface area contributed by atoms with Gasteiger partial charge < -0.3 is 15.5 Å². The molecule has 0 unspecified atom stereocenters. The molecule has 0 spiro atoms. The molecule has 1 heterocycles. The summed E-state index contributed by atoms with van der Waals surface area (Å²) < 4.78 is 28.0. The van der Waals surface area contributed by atoms with E-state index in [1.807, 2.05) is 0 Å². The first-order chi connectivity index (χ1) is 13.5. The number of nitrogens with zero attached hydrogens (tertiary/aromatic N) is 1. The number of amides is 1. The molecule has 0 bridgehead atoms. The van der Waals surface area contributed by atoms with E-state index in [9.17, 15) is 13.6 Å². The molecule has 6 heteroatoms. The third-order valence-corrected chi connectivity index (χ3v) is 4.71. The van der Waals surface area contributed by atoms with E-state index in [2.05, 4.69) is 29.4 Å². The second-order valence-corrected chi connectivity index (χ2v) is 6.85. The second-order valence-electron chi connectivity index (χ2n) is 6.85. The molecule has 4 nitrogen and oxygen atoms in total. The minimum absolute atomic E-state index is 0.300. The van der Waals surface area contributed by atoms with Crippen LogP contribution in [0.1, 0.15) is 38.7 Å². The smallest absolute Gasteiger partial charge is 0.257 e. The maximum Gasteiger partial charge on any atom is 0.257 e. The van der Waals surface area contributed by atoms with Crippen LogP contribution in [0.5, 0.6) is 0 Å². The van der Waals surface area contributed by atoms with Crippen LogP contribution in [0.4, 0.5) is 25.8 Å². The van der Waals surface area contributed by atoms with Crippen molar-refractivity contribution in [1.82, 2.24) is 0 Å². The number of carbonyl (C=O) groups is 1. The summed E-state index contributed by atoms with van der Waals surface area (Å²) in [7, 11) is 0. The number of unbranched alkanes of at least 4 members (excludes halogenated alkanes) is 1. The summed E-state index contributed by atoms with van der Waals surface area (Å²) in [5, 5.41) is 5.61. The van der Waals surface area contributed by atoms with Crippen LogP contribution in [0.3, 0.4) is 0 Å². The van der Waals surface area contributed by atoms with E-state index in [-0.39, 0.29) is 11.7 Å². The first kappa shape index (κ1) is 19.9. The number of fused-ring (bicyclic) bond motifs is 1. The molecule has 2 aromatic carbocycles. The van der Waals surface area contributed by atoms with Gasteiger partial charge in [-0.2, -0.15) is 0 Å². The van der Waals surface area contributed by atoms with Gasteiger partial charge in [0.1, 0.15) is 11.6 Å². The van der Waals surface area contributed by atoms with Gasteiger partial charge in [-0.25, -0.2) is 8.78 Å². The SMILES string of the molecule is CCCCN(CCC)c1ccc(N/C=C2/C(=O)Nc3cc(F)ccc32)cc1F. The average molecular weight is 385 g/mol. The Kier molecular flexibility index (Phi) is 6.29. The van der Waals surface area contributed by atoms with Crippen LogP contribution in [-0.2, 0) is 4.79 Å². The highest BCUT2D eigenvalue weighted by molar-refractivity contribution is 6.31. The number of benzene rings is 2. The van der Waals surface area contributed by atoms with Gasteiger partial charge in [0, 0.05) is 30.5 Å². The van der Waals surface area contributed by atoms with Crippen molar-refractivity contribution in [2.24, 2.45) is 0 Å². The number of halogens is 2. The van der Waals surface area contributed by atoms with Crippen LogP contribution in [0, 0.1) is 11.6 Å². The quantitative estimate of drug-likeness (QED) is 0.599. The van der Waals surface area contributed by atoms with Crippen LogP contribution in [0.25, 0.3) is 5.57 Å². The molecule has 0 atom stereocenters. The van der Waals surface area contributed by atoms with Crippen LogP contribution >= 0.6 is 0 Å². The van der Waals surface area contributed by atoms with Crippen LogP contribution < -0.4 is 15.5 Å². The lowest BCUT2D eigenvalue weighted by molar-refractivity contribution is -0.110. The zero-order chi connectivity index (χ0) is 20.1. The number of hydrogen-bond acceptors (Lipinski definition) is 3. The van der Waals surface area contributed by atoms with Crippen molar-refractivity contribution >= 4 is 28.5 Å². The van der Waals surface area contributed by atoms with Gasteiger partial charge >= 0.3 is 0 Å². The topological polar surface area (TPSA) is 44.4 Å². The molecule has 0 fully saturated rings. The molecule has 28 heavy (non-hydrogen) atoms. The molecule has 0 saturated carbocycles. The second kappa shape index (κ2) is 8.87. The lowest BCUT2D eigenvalue weighted by Gasteiger charge is -2.25. The molecule has 3 rings (SSSR count). The van der Waals surface area contributed by atoms with E-state index >= 15 is 0 Å². The average Bonchev–Trinajstić information content (AvgIpc) is 2.98. The summed E-state index contributed by atoms with van der Waals surface area (Å²) in [6.45, 7) is 5.83. The lowest BCUT2D eigenvalue weighted by atomic mass is 10.1. The fourth-order valence-electron chi connectivity index (χ4n) is 3.29. The molecule has 2 N–H and O–H groups in total.